The number of aliphatic hydroxyl groups excluding tert-OH is 1. The van der Waals surface area contributed by atoms with Crippen molar-refractivity contribution in [3.05, 3.63) is 67.9 Å². The highest BCUT2D eigenvalue weighted by atomic mass is 79.9. The molecular formula is C13H8BrCl2FO. The molecule has 0 fully saturated rings. The van der Waals surface area contributed by atoms with Crippen LogP contribution in [0.1, 0.15) is 17.2 Å². The molecule has 1 N–H and O–H groups in total. The van der Waals surface area contributed by atoms with Gasteiger partial charge in [0, 0.05) is 25.6 Å². The predicted octanol–water partition coefficient (Wildman–Crippen LogP) is 4.98. The molecule has 5 heteroatoms. The maximum absolute atomic E-state index is 13.7. The molecule has 0 radical (unpaired) electrons. The molecule has 0 saturated carbocycles. The summed E-state index contributed by atoms with van der Waals surface area (Å²) in [5.74, 6) is -0.497. The molecule has 18 heavy (non-hydrogen) atoms. The summed E-state index contributed by atoms with van der Waals surface area (Å²) < 4.78 is 14.3. The minimum atomic E-state index is -1.12. The number of halogens is 4. The van der Waals surface area contributed by atoms with Crippen LogP contribution in [-0.2, 0) is 0 Å². The summed E-state index contributed by atoms with van der Waals surface area (Å²) >= 11 is 14.9. The highest BCUT2D eigenvalue weighted by Crippen LogP contribution is 2.32. The Hall–Kier alpha value is -0.610. The smallest absolute Gasteiger partial charge is 0.130 e. The van der Waals surface area contributed by atoms with Gasteiger partial charge in [0.1, 0.15) is 11.9 Å². The molecule has 0 saturated heterocycles. The van der Waals surface area contributed by atoms with Crippen LogP contribution >= 0.6 is 39.1 Å². The summed E-state index contributed by atoms with van der Waals surface area (Å²) in [6.07, 6.45) is -1.12. The molecule has 0 heterocycles. The maximum atomic E-state index is 13.7. The zero-order valence-corrected chi connectivity index (χ0v) is 12.1. The van der Waals surface area contributed by atoms with E-state index < -0.39 is 11.9 Å². The summed E-state index contributed by atoms with van der Waals surface area (Å²) in [5, 5.41) is 10.9. The van der Waals surface area contributed by atoms with E-state index in [4.69, 9.17) is 23.2 Å². The average molecular weight is 350 g/mol. The topological polar surface area (TPSA) is 20.2 Å². The summed E-state index contributed by atoms with van der Waals surface area (Å²) in [6.45, 7) is 0. The third-order valence-electron chi connectivity index (χ3n) is 2.51. The molecule has 2 aromatic rings. The van der Waals surface area contributed by atoms with Crippen LogP contribution in [0.2, 0.25) is 10.0 Å². The quantitative estimate of drug-likeness (QED) is 0.810. The Morgan fingerprint density at radius 3 is 2.33 bits per heavy atom. The first kappa shape index (κ1) is 13.8. The third-order valence-corrected chi connectivity index (χ3v) is 3.57. The molecule has 0 amide bonds. The summed E-state index contributed by atoms with van der Waals surface area (Å²) in [5.41, 5.74) is 0.588. The monoisotopic (exact) mass is 348 g/mol. The van der Waals surface area contributed by atoms with Gasteiger partial charge in [0.2, 0.25) is 0 Å². The molecule has 2 rings (SSSR count). The zero-order valence-electron chi connectivity index (χ0n) is 9.00. The lowest BCUT2D eigenvalue weighted by atomic mass is 10.0. The van der Waals surface area contributed by atoms with Gasteiger partial charge in [-0.15, -0.1) is 0 Å². The predicted molar refractivity (Wildman–Crippen MR) is 74.6 cm³/mol. The van der Waals surface area contributed by atoms with Crippen LogP contribution in [-0.4, -0.2) is 5.11 Å². The van der Waals surface area contributed by atoms with Crippen LogP contribution in [0.3, 0.4) is 0 Å². The molecule has 0 aromatic heterocycles. The molecule has 1 unspecified atom stereocenters. The standard InChI is InChI=1S/C13H8BrCl2FO/c14-7-1-3-10(12(17)5-7)13(18)9-4-2-8(15)6-11(9)16/h1-6,13,18H. The van der Waals surface area contributed by atoms with Crippen molar-refractivity contribution in [2.24, 2.45) is 0 Å². The minimum absolute atomic E-state index is 0.169. The van der Waals surface area contributed by atoms with Crippen molar-refractivity contribution < 1.29 is 9.50 Å². The lowest BCUT2D eigenvalue weighted by molar-refractivity contribution is 0.215. The summed E-state index contributed by atoms with van der Waals surface area (Å²) in [7, 11) is 0. The summed E-state index contributed by atoms with van der Waals surface area (Å²) in [4.78, 5) is 0. The first-order chi connectivity index (χ1) is 8.49. The van der Waals surface area contributed by atoms with Crippen molar-refractivity contribution in [1.82, 2.24) is 0 Å². The maximum Gasteiger partial charge on any atom is 0.130 e. The molecule has 2 aromatic carbocycles. The first-order valence-corrected chi connectivity index (χ1v) is 6.62. The van der Waals surface area contributed by atoms with Gasteiger partial charge in [-0.05, 0) is 24.3 Å². The van der Waals surface area contributed by atoms with Gasteiger partial charge in [-0.2, -0.15) is 0 Å². The van der Waals surface area contributed by atoms with Crippen LogP contribution in [0.25, 0.3) is 0 Å². The van der Waals surface area contributed by atoms with Crippen LogP contribution in [0, 0.1) is 5.82 Å². The highest BCUT2D eigenvalue weighted by molar-refractivity contribution is 9.10. The van der Waals surface area contributed by atoms with E-state index in [1.807, 2.05) is 0 Å². The number of rotatable bonds is 2. The molecule has 0 bridgehead atoms. The Morgan fingerprint density at radius 1 is 1.06 bits per heavy atom. The SMILES string of the molecule is OC(c1ccc(Br)cc1F)c1ccc(Cl)cc1Cl. The van der Waals surface area contributed by atoms with Crippen LogP contribution in [0.15, 0.2) is 40.9 Å². The van der Waals surface area contributed by atoms with Crippen molar-refractivity contribution >= 4 is 39.1 Å². The Kier molecular flexibility index (Phi) is 4.28. The second-order valence-electron chi connectivity index (χ2n) is 3.73. The van der Waals surface area contributed by atoms with E-state index in [0.29, 0.717) is 20.1 Å². The molecule has 1 nitrogen and oxygen atoms in total. The Bertz CT molecular complexity index is 538. The van der Waals surface area contributed by atoms with E-state index >= 15 is 0 Å². The fourth-order valence-corrected chi connectivity index (χ4v) is 2.46. The van der Waals surface area contributed by atoms with E-state index in [0.717, 1.165) is 0 Å². The molecule has 0 aliphatic heterocycles. The molecule has 94 valence electrons. The second-order valence-corrected chi connectivity index (χ2v) is 5.49. The molecular weight excluding hydrogens is 342 g/mol. The molecule has 1 atom stereocenters. The fraction of sp³-hybridized carbons (Fsp3) is 0.0769. The van der Waals surface area contributed by atoms with Gasteiger partial charge in [-0.3, -0.25) is 0 Å². The van der Waals surface area contributed by atoms with Gasteiger partial charge in [0.15, 0.2) is 0 Å². The van der Waals surface area contributed by atoms with Gasteiger partial charge in [-0.25, -0.2) is 4.39 Å². The lowest BCUT2D eigenvalue weighted by Crippen LogP contribution is -2.03. The van der Waals surface area contributed by atoms with Gasteiger partial charge < -0.3 is 5.11 Å². The molecule has 0 aliphatic rings. The largest absolute Gasteiger partial charge is 0.383 e. The highest BCUT2D eigenvalue weighted by Gasteiger charge is 2.17. The van der Waals surface area contributed by atoms with Crippen LogP contribution < -0.4 is 0 Å². The van der Waals surface area contributed by atoms with Gasteiger partial charge in [-0.1, -0.05) is 51.3 Å². The van der Waals surface area contributed by atoms with E-state index in [2.05, 4.69) is 15.9 Å². The van der Waals surface area contributed by atoms with E-state index in [1.54, 1.807) is 18.2 Å². The number of aliphatic hydroxyl groups is 1. The zero-order chi connectivity index (χ0) is 13.3. The average Bonchev–Trinajstić information content (AvgIpc) is 2.28. The normalized spacial score (nSPS) is 12.5. The van der Waals surface area contributed by atoms with Gasteiger partial charge in [0.05, 0.1) is 0 Å². The minimum Gasteiger partial charge on any atom is -0.383 e. The lowest BCUT2D eigenvalue weighted by Gasteiger charge is -2.14. The number of benzene rings is 2. The Balaban J connectivity index is 2.44. The van der Waals surface area contributed by atoms with Crippen LogP contribution in [0.4, 0.5) is 4.39 Å². The van der Waals surface area contributed by atoms with E-state index in [1.165, 1.54) is 18.2 Å². The molecule has 0 aliphatic carbocycles. The van der Waals surface area contributed by atoms with E-state index in [-0.39, 0.29) is 5.56 Å². The number of hydrogen-bond acceptors (Lipinski definition) is 1. The molecule has 0 spiro atoms. The van der Waals surface area contributed by atoms with Gasteiger partial charge in [0.25, 0.3) is 0 Å². The van der Waals surface area contributed by atoms with Crippen molar-refractivity contribution in [3.8, 4) is 0 Å². The van der Waals surface area contributed by atoms with E-state index in [9.17, 15) is 9.50 Å². The Morgan fingerprint density at radius 2 is 1.72 bits per heavy atom. The fourth-order valence-electron chi connectivity index (χ4n) is 1.61. The van der Waals surface area contributed by atoms with Crippen LogP contribution in [0.5, 0.6) is 0 Å². The van der Waals surface area contributed by atoms with Crippen molar-refractivity contribution in [2.75, 3.05) is 0 Å². The van der Waals surface area contributed by atoms with Crippen molar-refractivity contribution in [1.29, 1.82) is 0 Å². The van der Waals surface area contributed by atoms with Gasteiger partial charge >= 0.3 is 0 Å². The third kappa shape index (κ3) is 2.86. The Labute approximate surface area is 122 Å². The van der Waals surface area contributed by atoms with Crippen molar-refractivity contribution in [2.45, 2.75) is 6.10 Å². The number of hydrogen-bond donors (Lipinski definition) is 1. The van der Waals surface area contributed by atoms with Crippen molar-refractivity contribution in [3.63, 3.8) is 0 Å². The summed E-state index contributed by atoms with van der Waals surface area (Å²) in [6, 6.07) is 9.15. The first-order valence-electron chi connectivity index (χ1n) is 5.07. The second kappa shape index (κ2) is 5.57.